The number of likely N-dealkylation sites (N-methyl/N-ethyl adjacent to an activating group) is 1. The molecular formula is C29H34N6O3. The van der Waals surface area contributed by atoms with Gasteiger partial charge in [-0.15, -0.1) is 5.10 Å². The van der Waals surface area contributed by atoms with Crippen LogP contribution in [0.1, 0.15) is 24.3 Å². The number of aromatic nitrogens is 3. The zero-order chi connectivity index (χ0) is 26.6. The van der Waals surface area contributed by atoms with E-state index in [0.717, 1.165) is 59.9 Å². The van der Waals surface area contributed by atoms with Crippen LogP contribution in [0.4, 0.5) is 11.6 Å². The van der Waals surface area contributed by atoms with E-state index in [9.17, 15) is 4.79 Å². The van der Waals surface area contributed by atoms with Crippen molar-refractivity contribution in [2.75, 3.05) is 53.3 Å². The van der Waals surface area contributed by atoms with Gasteiger partial charge in [-0.25, -0.2) is 9.50 Å². The molecule has 1 N–H and O–H groups in total. The predicted molar refractivity (Wildman–Crippen MR) is 148 cm³/mol. The van der Waals surface area contributed by atoms with Crippen molar-refractivity contribution in [3.8, 4) is 22.8 Å². The molecule has 9 nitrogen and oxygen atoms in total. The quantitative estimate of drug-likeness (QED) is 0.373. The minimum absolute atomic E-state index is 0.149. The number of hydrogen-bond acceptors (Lipinski definition) is 7. The number of fused-ring (bicyclic) bond motifs is 1. The zero-order valence-corrected chi connectivity index (χ0v) is 22.3. The molecule has 38 heavy (non-hydrogen) atoms. The van der Waals surface area contributed by atoms with Gasteiger partial charge >= 0.3 is 0 Å². The summed E-state index contributed by atoms with van der Waals surface area (Å²) in [6.07, 6.45) is 3.81. The lowest BCUT2D eigenvalue weighted by atomic mass is 9.89. The number of hydrogen-bond donors (Lipinski definition) is 1. The molecule has 0 atom stereocenters. The monoisotopic (exact) mass is 514 g/mol. The Balaban J connectivity index is 1.33. The molecule has 0 unspecified atom stereocenters. The van der Waals surface area contributed by atoms with Gasteiger partial charge in [0.15, 0.2) is 0 Å². The van der Waals surface area contributed by atoms with E-state index in [0.29, 0.717) is 18.4 Å². The fraction of sp³-hybridized carbons (Fsp3) is 0.345. The van der Waals surface area contributed by atoms with Crippen LogP contribution in [0, 0.1) is 0 Å². The summed E-state index contributed by atoms with van der Waals surface area (Å²) in [5.74, 6) is 2.58. The second-order valence-electron chi connectivity index (χ2n) is 9.76. The molecule has 2 aromatic carbocycles. The van der Waals surface area contributed by atoms with E-state index in [1.807, 2.05) is 47.0 Å². The highest BCUT2D eigenvalue weighted by atomic mass is 16.5. The molecule has 198 valence electrons. The Morgan fingerprint density at radius 2 is 1.79 bits per heavy atom. The number of benzene rings is 2. The van der Waals surface area contributed by atoms with Gasteiger partial charge in [-0.05, 0) is 73.8 Å². The van der Waals surface area contributed by atoms with Crippen molar-refractivity contribution in [3.05, 3.63) is 66.4 Å². The molecule has 2 aromatic heterocycles. The lowest BCUT2D eigenvalue weighted by molar-refractivity contribution is -0.130. The average Bonchev–Trinajstić information content (AvgIpc) is 3.36. The van der Waals surface area contributed by atoms with Crippen LogP contribution in [0.2, 0.25) is 0 Å². The topological polar surface area (TPSA) is 84.2 Å². The number of nitrogens with zero attached hydrogens (tertiary/aromatic N) is 5. The Morgan fingerprint density at radius 1 is 1.03 bits per heavy atom. The largest absolute Gasteiger partial charge is 0.496 e. The van der Waals surface area contributed by atoms with E-state index >= 15 is 0 Å². The van der Waals surface area contributed by atoms with Gasteiger partial charge in [0.2, 0.25) is 11.9 Å². The first-order valence-corrected chi connectivity index (χ1v) is 12.8. The van der Waals surface area contributed by atoms with Crippen LogP contribution in [-0.2, 0) is 4.79 Å². The van der Waals surface area contributed by atoms with Gasteiger partial charge in [0.1, 0.15) is 11.5 Å². The fourth-order valence-electron chi connectivity index (χ4n) is 4.96. The summed E-state index contributed by atoms with van der Waals surface area (Å²) in [7, 11) is 6.95. The van der Waals surface area contributed by atoms with Crippen LogP contribution in [0.15, 0.2) is 60.8 Å². The van der Waals surface area contributed by atoms with Crippen molar-refractivity contribution in [2.24, 2.45) is 0 Å². The number of nitrogens with one attached hydrogen (secondary N) is 1. The summed E-state index contributed by atoms with van der Waals surface area (Å²) in [6.45, 7) is 2.30. The van der Waals surface area contributed by atoms with E-state index in [4.69, 9.17) is 14.6 Å². The van der Waals surface area contributed by atoms with Gasteiger partial charge in [-0.2, -0.15) is 0 Å². The van der Waals surface area contributed by atoms with Crippen molar-refractivity contribution in [1.82, 2.24) is 24.4 Å². The lowest BCUT2D eigenvalue weighted by Crippen LogP contribution is -2.40. The van der Waals surface area contributed by atoms with Crippen LogP contribution in [0.25, 0.3) is 16.8 Å². The minimum atomic E-state index is 0.149. The molecule has 0 radical (unpaired) electrons. The summed E-state index contributed by atoms with van der Waals surface area (Å²) in [4.78, 5) is 20.5. The number of carbonyl (C=O) groups is 1. The van der Waals surface area contributed by atoms with Crippen molar-refractivity contribution in [3.63, 3.8) is 0 Å². The molecule has 9 heteroatoms. The molecule has 4 aromatic rings. The van der Waals surface area contributed by atoms with E-state index in [1.165, 1.54) is 5.56 Å². The molecule has 1 aliphatic heterocycles. The number of rotatable bonds is 8. The van der Waals surface area contributed by atoms with Crippen LogP contribution >= 0.6 is 0 Å². The highest BCUT2D eigenvalue weighted by molar-refractivity contribution is 5.77. The van der Waals surface area contributed by atoms with Crippen LogP contribution < -0.4 is 14.8 Å². The van der Waals surface area contributed by atoms with Gasteiger partial charge < -0.3 is 19.7 Å². The van der Waals surface area contributed by atoms with E-state index in [2.05, 4.69) is 27.3 Å². The highest BCUT2D eigenvalue weighted by Crippen LogP contribution is 2.35. The van der Waals surface area contributed by atoms with Gasteiger partial charge in [0.05, 0.1) is 43.9 Å². The lowest BCUT2D eigenvalue weighted by Gasteiger charge is -2.32. The van der Waals surface area contributed by atoms with Crippen LogP contribution in [0.5, 0.6) is 11.5 Å². The van der Waals surface area contributed by atoms with Crippen LogP contribution in [0.3, 0.4) is 0 Å². The second-order valence-corrected chi connectivity index (χ2v) is 9.76. The molecule has 0 bridgehead atoms. The van der Waals surface area contributed by atoms with E-state index in [1.54, 1.807) is 39.4 Å². The fourth-order valence-corrected chi connectivity index (χ4v) is 4.96. The van der Waals surface area contributed by atoms with Crippen molar-refractivity contribution < 1.29 is 14.3 Å². The summed E-state index contributed by atoms with van der Waals surface area (Å²) in [5.41, 5.74) is 4.81. The van der Waals surface area contributed by atoms with E-state index in [-0.39, 0.29) is 5.91 Å². The summed E-state index contributed by atoms with van der Waals surface area (Å²) in [6, 6.07) is 18.2. The Hall–Kier alpha value is -4.11. The molecule has 0 spiro atoms. The molecule has 5 rings (SSSR count). The number of carbonyl (C=O) groups excluding carboxylic acids is 1. The molecule has 1 fully saturated rings. The highest BCUT2D eigenvalue weighted by Gasteiger charge is 2.23. The number of likely N-dealkylation sites (tertiary alicyclic amines) is 1. The Bertz CT molecular complexity index is 1430. The maximum Gasteiger partial charge on any atom is 0.245 e. The first-order chi connectivity index (χ1) is 18.5. The van der Waals surface area contributed by atoms with E-state index < -0.39 is 0 Å². The summed E-state index contributed by atoms with van der Waals surface area (Å²) < 4.78 is 13.2. The third-order valence-electron chi connectivity index (χ3n) is 7.17. The standard InChI is InChI=1S/C29H34N6O3/c1-33(2)28(36)19-34-15-13-20(14-16-34)21-9-11-24(27(17-21)38-4)31-29-30-18-22-10-12-25(35(22)32-29)23-7-5-6-8-26(23)37-3/h5-12,17-18,20H,13-16,19H2,1-4H3,(H,31,32). The smallest absolute Gasteiger partial charge is 0.245 e. The Morgan fingerprint density at radius 3 is 2.53 bits per heavy atom. The van der Waals surface area contributed by atoms with Gasteiger partial charge in [0.25, 0.3) is 0 Å². The Labute approximate surface area is 223 Å². The van der Waals surface area contributed by atoms with Crippen molar-refractivity contribution >= 4 is 23.1 Å². The van der Waals surface area contributed by atoms with Crippen molar-refractivity contribution in [1.29, 1.82) is 0 Å². The molecular weight excluding hydrogens is 480 g/mol. The van der Waals surface area contributed by atoms with Crippen molar-refractivity contribution in [2.45, 2.75) is 18.8 Å². The average molecular weight is 515 g/mol. The van der Waals surface area contributed by atoms with Gasteiger partial charge in [-0.1, -0.05) is 18.2 Å². The predicted octanol–water partition coefficient (Wildman–Crippen LogP) is 4.42. The summed E-state index contributed by atoms with van der Waals surface area (Å²) in [5, 5.41) is 8.09. The minimum Gasteiger partial charge on any atom is -0.496 e. The first kappa shape index (κ1) is 25.5. The number of anilines is 2. The zero-order valence-electron chi connectivity index (χ0n) is 22.3. The molecule has 3 heterocycles. The number of piperidine rings is 1. The van der Waals surface area contributed by atoms with Crippen LogP contribution in [-0.4, -0.2) is 78.3 Å². The Kier molecular flexibility index (Phi) is 7.46. The molecule has 1 amide bonds. The molecule has 0 aliphatic carbocycles. The maximum absolute atomic E-state index is 12.1. The van der Waals surface area contributed by atoms with Gasteiger partial charge in [0, 0.05) is 19.7 Å². The number of ether oxygens (including phenoxy) is 2. The molecule has 1 aliphatic rings. The number of amides is 1. The molecule has 1 saturated heterocycles. The number of methoxy groups -OCH3 is 2. The number of para-hydroxylation sites is 1. The molecule has 0 saturated carbocycles. The first-order valence-electron chi connectivity index (χ1n) is 12.8. The SMILES string of the molecule is COc1cc(C2CCN(CC(=O)N(C)C)CC2)ccc1Nc1ncc2ccc(-c3ccccc3OC)n2n1. The maximum atomic E-state index is 12.1. The third-order valence-corrected chi connectivity index (χ3v) is 7.17. The third kappa shape index (κ3) is 5.28. The summed E-state index contributed by atoms with van der Waals surface area (Å²) >= 11 is 0. The normalized spacial score (nSPS) is 14.4. The second kappa shape index (κ2) is 11.1. The van der Waals surface area contributed by atoms with Gasteiger partial charge in [-0.3, -0.25) is 9.69 Å².